The first kappa shape index (κ1) is 24.3. The minimum absolute atomic E-state index is 0.0248. The summed E-state index contributed by atoms with van der Waals surface area (Å²) in [6.07, 6.45) is -4.91. The maximum atomic E-state index is 13.6. The van der Waals surface area contributed by atoms with E-state index in [4.69, 9.17) is 16.3 Å². The van der Waals surface area contributed by atoms with E-state index in [1.54, 1.807) is 48.5 Å². The van der Waals surface area contributed by atoms with Crippen molar-refractivity contribution < 1.29 is 31.1 Å². The minimum Gasteiger partial charge on any atom is -0.460 e. The molecule has 0 aromatic heterocycles. The van der Waals surface area contributed by atoms with Crippen LogP contribution >= 0.6 is 11.6 Å². The van der Waals surface area contributed by atoms with Crippen molar-refractivity contribution in [1.82, 2.24) is 4.31 Å². The first-order chi connectivity index (χ1) is 16.1. The number of nitrogens with zero attached hydrogens (tertiary/aromatic N) is 1. The summed E-state index contributed by atoms with van der Waals surface area (Å²) >= 11 is 5.86. The van der Waals surface area contributed by atoms with Gasteiger partial charge in [0.15, 0.2) is 0 Å². The lowest BCUT2D eigenvalue weighted by molar-refractivity contribution is -0.150. The lowest BCUT2D eigenvalue weighted by Gasteiger charge is -2.35. The van der Waals surface area contributed by atoms with Crippen molar-refractivity contribution in [2.75, 3.05) is 0 Å². The Morgan fingerprint density at radius 1 is 0.971 bits per heavy atom. The lowest BCUT2D eigenvalue weighted by atomic mass is 9.96. The molecule has 1 aliphatic heterocycles. The van der Waals surface area contributed by atoms with Gasteiger partial charge < -0.3 is 4.74 Å². The largest absolute Gasteiger partial charge is 0.460 e. The number of carbonyl (C=O) groups excluding carboxylic acids is 1. The maximum Gasteiger partial charge on any atom is 0.417 e. The Morgan fingerprint density at radius 3 is 2.26 bits per heavy atom. The maximum absolute atomic E-state index is 13.6. The number of alkyl halides is 3. The monoisotopic (exact) mass is 509 g/mol. The quantitative estimate of drug-likeness (QED) is 0.442. The highest BCUT2D eigenvalue weighted by Gasteiger charge is 2.44. The normalized spacial score (nSPS) is 16.6. The van der Waals surface area contributed by atoms with Gasteiger partial charge in [-0.05, 0) is 41.0 Å². The molecule has 0 radical (unpaired) electrons. The number of hydrogen-bond donors (Lipinski definition) is 0. The van der Waals surface area contributed by atoms with Crippen molar-refractivity contribution >= 4 is 27.6 Å². The van der Waals surface area contributed by atoms with Crippen molar-refractivity contribution in [3.8, 4) is 0 Å². The predicted molar refractivity (Wildman–Crippen MR) is 119 cm³/mol. The number of carbonyl (C=O) groups is 1. The average molecular weight is 510 g/mol. The summed E-state index contributed by atoms with van der Waals surface area (Å²) in [5.41, 5.74) is 0.678. The lowest BCUT2D eigenvalue weighted by Crippen LogP contribution is -2.49. The smallest absolute Gasteiger partial charge is 0.417 e. The molecule has 0 amide bonds. The number of ether oxygens (including phenoxy) is 1. The molecular formula is C24H19ClF3NO4S. The molecule has 5 nitrogen and oxygen atoms in total. The van der Waals surface area contributed by atoms with E-state index in [9.17, 15) is 26.4 Å². The topological polar surface area (TPSA) is 63.7 Å². The van der Waals surface area contributed by atoms with Gasteiger partial charge in [0.25, 0.3) is 0 Å². The molecule has 1 aliphatic rings. The fourth-order valence-corrected chi connectivity index (χ4v) is 5.73. The Bertz CT molecular complexity index is 1310. The van der Waals surface area contributed by atoms with E-state index in [-0.39, 0.29) is 19.6 Å². The average Bonchev–Trinajstić information content (AvgIpc) is 2.82. The molecule has 0 saturated heterocycles. The standard InChI is InChI=1S/C24H19ClF3NO4S/c25-19-11-9-16(10-12-19)15-33-23(30)21-13-17-5-1-2-6-18(17)14-29(21)34(31,32)22-8-4-3-7-20(22)24(26,27)28/h1-12,21H,13-15H2/t21-/m0/s1. The fraction of sp³-hybridized carbons (Fsp3) is 0.208. The second-order valence-electron chi connectivity index (χ2n) is 7.77. The van der Waals surface area contributed by atoms with E-state index in [0.29, 0.717) is 22.2 Å². The van der Waals surface area contributed by atoms with E-state index in [0.717, 1.165) is 22.0 Å². The van der Waals surface area contributed by atoms with Gasteiger partial charge >= 0.3 is 12.1 Å². The Morgan fingerprint density at radius 2 is 1.59 bits per heavy atom. The number of rotatable bonds is 5. The SMILES string of the molecule is O=C(OCc1ccc(Cl)cc1)[C@@H]1Cc2ccccc2CN1S(=O)(=O)c1ccccc1C(F)(F)F. The number of esters is 1. The molecule has 0 aliphatic carbocycles. The number of halogens is 4. The Balaban J connectivity index is 1.70. The molecule has 4 rings (SSSR count). The highest BCUT2D eigenvalue weighted by molar-refractivity contribution is 7.89. The van der Waals surface area contributed by atoms with Crippen LogP contribution < -0.4 is 0 Å². The second kappa shape index (κ2) is 9.40. The van der Waals surface area contributed by atoms with Gasteiger partial charge in [-0.3, -0.25) is 4.79 Å². The zero-order chi connectivity index (χ0) is 24.5. The van der Waals surface area contributed by atoms with Crippen LogP contribution in [0.15, 0.2) is 77.7 Å². The third-order valence-electron chi connectivity index (χ3n) is 5.55. The molecule has 3 aromatic carbocycles. The van der Waals surface area contributed by atoms with E-state index >= 15 is 0 Å². The van der Waals surface area contributed by atoms with E-state index in [2.05, 4.69) is 0 Å². The van der Waals surface area contributed by atoms with E-state index in [1.165, 1.54) is 6.07 Å². The summed E-state index contributed by atoms with van der Waals surface area (Å²) in [5.74, 6) is -0.850. The van der Waals surface area contributed by atoms with Crippen LogP contribution in [0.5, 0.6) is 0 Å². The highest BCUT2D eigenvalue weighted by Crippen LogP contribution is 2.37. The van der Waals surface area contributed by atoms with E-state index in [1.807, 2.05) is 0 Å². The first-order valence-electron chi connectivity index (χ1n) is 10.2. The molecule has 0 N–H and O–H groups in total. The predicted octanol–water partition coefficient (Wildman–Crippen LogP) is 5.22. The Hall–Kier alpha value is -2.88. The summed E-state index contributed by atoms with van der Waals surface area (Å²) < 4.78 is 73.9. The number of fused-ring (bicyclic) bond motifs is 1. The molecule has 0 bridgehead atoms. The van der Waals surface area contributed by atoms with Crippen molar-refractivity contribution in [3.63, 3.8) is 0 Å². The molecular weight excluding hydrogens is 491 g/mol. The van der Waals surface area contributed by atoms with Gasteiger partial charge in [-0.2, -0.15) is 17.5 Å². The van der Waals surface area contributed by atoms with Crippen molar-refractivity contribution in [1.29, 1.82) is 0 Å². The van der Waals surface area contributed by atoms with Crippen LogP contribution in [0.25, 0.3) is 0 Å². The van der Waals surface area contributed by atoms with Gasteiger partial charge in [0.1, 0.15) is 12.6 Å². The van der Waals surface area contributed by atoms with Gasteiger partial charge in [-0.15, -0.1) is 0 Å². The van der Waals surface area contributed by atoms with Crippen LogP contribution in [0.4, 0.5) is 13.2 Å². The van der Waals surface area contributed by atoms with Gasteiger partial charge in [-0.1, -0.05) is 60.1 Å². The van der Waals surface area contributed by atoms with Crippen molar-refractivity contribution in [2.45, 2.75) is 36.7 Å². The van der Waals surface area contributed by atoms with Crippen molar-refractivity contribution in [3.05, 3.63) is 100 Å². The Labute approximate surface area is 199 Å². The number of sulfonamides is 1. The van der Waals surface area contributed by atoms with Crippen molar-refractivity contribution in [2.24, 2.45) is 0 Å². The van der Waals surface area contributed by atoms with Crippen LogP contribution in [0.2, 0.25) is 5.02 Å². The van der Waals surface area contributed by atoms with Gasteiger partial charge in [0.05, 0.1) is 10.5 Å². The summed E-state index contributed by atoms with van der Waals surface area (Å²) in [6, 6.07) is 16.0. The molecule has 10 heteroatoms. The van der Waals surface area contributed by atoms with Crippen LogP contribution in [-0.2, 0) is 45.3 Å². The molecule has 1 heterocycles. The molecule has 178 valence electrons. The van der Waals surface area contributed by atoms with Crippen LogP contribution in [0.3, 0.4) is 0 Å². The summed E-state index contributed by atoms with van der Waals surface area (Å²) in [6.45, 7) is -0.396. The molecule has 1 atom stereocenters. The fourth-order valence-electron chi connectivity index (χ4n) is 3.84. The van der Waals surface area contributed by atoms with Crippen LogP contribution in [-0.4, -0.2) is 24.7 Å². The number of hydrogen-bond acceptors (Lipinski definition) is 4. The molecule has 0 spiro atoms. The van der Waals surface area contributed by atoms with Gasteiger partial charge in [0, 0.05) is 18.0 Å². The zero-order valence-electron chi connectivity index (χ0n) is 17.6. The summed E-state index contributed by atoms with van der Waals surface area (Å²) in [4.78, 5) is 12.1. The summed E-state index contributed by atoms with van der Waals surface area (Å²) in [5, 5.41) is 0.500. The third-order valence-corrected chi connectivity index (χ3v) is 7.72. The highest BCUT2D eigenvalue weighted by atomic mass is 35.5. The first-order valence-corrected chi connectivity index (χ1v) is 12.0. The second-order valence-corrected chi connectivity index (χ2v) is 10.1. The van der Waals surface area contributed by atoms with Crippen LogP contribution in [0.1, 0.15) is 22.3 Å². The molecule has 0 fully saturated rings. The molecule has 3 aromatic rings. The van der Waals surface area contributed by atoms with E-state index < -0.39 is 38.7 Å². The molecule has 0 unspecified atom stereocenters. The minimum atomic E-state index is -4.89. The van der Waals surface area contributed by atoms with Crippen LogP contribution in [0, 0.1) is 0 Å². The summed E-state index contributed by atoms with van der Waals surface area (Å²) in [7, 11) is -4.71. The number of benzene rings is 3. The third kappa shape index (κ3) is 4.96. The van der Waals surface area contributed by atoms with Gasteiger partial charge in [0.2, 0.25) is 10.0 Å². The van der Waals surface area contributed by atoms with Gasteiger partial charge in [-0.25, -0.2) is 8.42 Å². The molecule has 0 saturated carbocycles. The molecule has 34 heavy (non-hydrogen) atoms. The Kier molecular flexibility index (Phi) is 6.71. The zero-order valence-corrected chi connectivity index (χ0v) is 19.2.